The standard InChI is InChI=1S/C75H33N13/c76-33-44-3-8-70(87-71-9-4-54(59-18-45(34-77)14-46(19-59)35-78)29-65(71)66-30-55(5-10-72(66)87)60-20-47(36-79)15-48(21-60)37-80)64(26-44)69-28-53(42-85)27-63(58-2-1-13-86-43-58)75(69)88-73-11-6-56(61-22-49(38-81)16-50(23-61)39-82)31-67(73)68-32-57(7-12-74(68)88)62-24-51(40-83)17-52(25-62)41-84/h1-32,43H. The van der Waals surface area contributed by atoms with Crippen molar-refractivity contribution in [3.8, 4) is 139 Å². The largest absolute Gasteiger partial charge is 0.309 e. The van der Waals surface area contributed by atoms with Crippen molar-refractivity contribution in [2.45, 2.75) is 0 Å². The van der Waals surface area contributed by atoms with Crippen LogP contribution in [0.25, 0.3) is 122 Å². The SMILES string of the molecule is N#Cc1cc(C#N)cc(-c2ccc3c(c2)c2cc(-c4cc(C#N)cc(C#N)c4)ccc2n3-c2ccc(C#N)cc2-c2cc(C#N)cc(-c3cccnc3)c2-n2c3ccc(-c4cc(C#N)cc(C#N)c4)cc3c3cc(-c4cc(C#N)cc(C#N)c4)ccc32)c1. The van der Waals surface area contributed by atoms with Gasteiger partial charge in [0.1, 0.15) is 0 Å². The van der Waals surface area contributed by atoms with Crippen LogP contribution in [0.15, 0.2) is 200 Å². The fourth-order valence-corrected chi connectivity index (χ4v) is 11.9. The highest BCUT2D eigenvalue weighted by atomic mass is 15.0. The van der Waals surface area contributed by atoms with Crippen LogP contribution in [0.1, 0.15) is 55.6 Å². The molecule has 0 amide bonds. The molecule has 0 aliphatic carbocycles. The van der Waals surface area contributed by atoms with Crippen LogP contribution in [-0.2, 0) is 0 Å². The Morgan fingerprint density at radius 1 is 0.250 bits per heavy atom. The molecule has 3 heterocycles. The molecule has 0 N–H and O–H groups in total. The first-order valence-electron chi connectivity index (χ1n) is 27.1. The average Bonchev–Trinajstić information content (AvgIpc) is 1.90. The van der Waals surface area contributed by atoms with E-state index < -0.39 is 0 Å². The van der Waals surface area contributed by atoms with E-state index in [-0.39, 0.29) is 0 Å². The third-order valence-electron chi connectivity index (χ3n) is 15.7. The molecule has 0 unspecified atom stereocenters. The van der Waals surface area contributed by atoms with Gasteiger partial charge in [-0.25, -0.2) is 0 Å². The molecule has 3 aromatic heterocycles. The Hall–Kier alpha value is -14.2. The highest BCUT2D eigenvalue weighted by Gasteiger charge is 2.26. The van der Waals surface area contributed by atoms with Crippen molar-refractivity contribution >= 4 is 43.6 Å². The predicted octanol–water partition coefficient (Wildman–Crippen LogP) is 16.0. The summed E-state index contributed by atoms with van der Waals surface area (Å²) in [5.41, 5.74) is 15.1. The van der Waals surface area contributed by atoms with Gasteiger partial charge >= 0.3 is 0 Å². The van der Waals surface area contributed by atoms with Gasteiger partial charge in [0.15, 0.2) is 0 Å². The summed E-state index contributed by atoms with van der Waals surface area (Å²) < 4.78 is 4.22. The Balaban J connectivity index is 1.15. The number of nitriles is 10. The van der Waals surface area contributed by atoms with Gasteiger partial charge in [0.25, 0.3) is 0 Å². The van der Waals surface area contributed by atoms with Crippen molar-refractivity contribution in [2.75, 3.05) is 0 Å². The van der Waals surface area contributed by atoms with E-state index in [9.17, 15) is 52.6 Å². The normalized spacial score (nSPS) is 10.6. The van der Waals surface area contributed by atoms with E-state index in [2.05, 4.69) is 74.8 Å². The molecule has 13 heteroatoms. The lowest BCUT2D eigenvalue weighted by Gasteiger charge is -2.22. The smallest absolute Gasteiger partial charge is 0.0992 e. The maximum absolute atomic E-state index is 11.1. The molecule has 0 saturated heterocycles. The van der Waals surface area contributed by atoms with Gasteiger partial charge in [-0.2, -0.15) is 52.6 Å². The van der Waals surface area contributed by atoms with Gasteiger partial charge in [-0.1, -0.05) is 30.3 Å². The van der Waals surface area contributed by atoms with E-state index in [1.165, 1.54) is 24.3 Å². The monoisotopic (exact) mass is 1120 g/mol. The molecule has 10 aromatic carbocycles. The molecule has 88 heavy (non-hydrogen) atoms. The summed E-state index contributed by atoms with van der Waals surface area (Å²) in [5, 5.41) is 105. The molecule has 398 valence electrons. The van der Waals surface area contributed by atoms with Crippen LogP contribution < -0.4 is 0 Å². The number of hydrogen-bond acceptors (Lipinski definition) is 11. The number of fused-ring (bicyclic) bond motifs is 6. The molecule has 0 atom stereocenters. The maximum atomic E-state index is 11.1. The van der Waals surface area contributed by atoms with E-state index in [1.54, 1.807) is 67.0 Å². The number of pyridine rings is 1. The topological polar surface area (TPSA) is 261 Å². The Labute approximate surface area is 502 Å². The summed E-state index contributed by atoms with van der Waals surface area (Å²) in [4.78, 5) is 4.57. The fraction of sp³-hybridized carbons (Fsp3) is 0. The summed E-state index contributed by atoms with van der Waals surface area (Å²) in [7, 11) is 0. The first kappa shape index (κ1) is 53.2. The Kier molecular flexibility index (Phi) is 13.1. The molecular weight excluding hydrogens is 1080 g/mol. The molecule has 0 aliphatic rings. The lowest BCUT2D eigenvalue weighted by atomic mass is 9.91. The second-order valence-electron chi connectivity index (χ2n) is 20.8. The van der Waals surface area contributed by atoms with Gasteiger partial charge < -0.3 is 9.13 Å². The predicted molar refractivity (Wildman–Crippen MR) is 333 cm³/mol. The van der Waals surface area contributed by atoms with Gasteiger partial charge in [-0.3, -0.25) is 4.98 Å². The molecule has 0 saturated carbocycles. The third kappa shape index (κ3) is 9.12. The van der Waals surface area contributed by atoms with Crippen molar-refractivity contribution in [1.29, 1.82) is 52.6 Å². The van der Waals surface area contributed by atoms with E-state index in [0.717, 1.165) is 43.7 Å². The van der Waals surface area contributed by atoms with Crippen molar-refractivity contribution < 1.29 is 0 Å². The Bertz CT molecular complexity index is 5320. The van der Waals surface area contributed by atoms with Crippen molar-refractivity contribution in [1.82, 2.24) is 14.1 Å². The zero-order valence-electron chi connectivity index (χ0n) is 45.9. The Morgan fingerprint density at radius 3 is 0.898 bits per heavy atom. The second kappa shape index (κ2) is 21.6. The van der Waals surface area contributed by atoms with Gasteiger partial charge in [0.05, 0.1) is 150 Å². The van der Waals surface area contributed by atoms with Crippen molar-refractivity contribution in [3.05, 3.63) is 256 Å². The van der Waals surface area contributed by atoms with Crippen LogP contribution >= 0.6 is 0 Å². The highest BCUT2D eigenvalue weighted by Crippen LogP contribution is 2.47. The minimum Gasteiger partial charge on any atom is -0.309 e. The number of rotatable bonds is 8. The average molecular weight is 1120 g/mol. The summed E-state index contributed by atoms with van der Waals surface area (Å²) in [5.74, 6) is 0. The first-order valence-corrected chi connectivity index (χ1v) is 27.1. The van der Waals surface area contributed by atoms with E-state index in [4.69, 9.17) is 0 Å². The van der Waals surface area contributed by atoms with E-state index in [0.29, 0.717) is 134 Å². The van der Waals surface area contributed by atoms with Crippen LogP contribution in [0.3, 0.4) is 0 Å². The number of nitrogens with zero attached hydrogens (tertiary/aromatic N) is 13. The van der Waals surface area contributed by atoms with Crippen LogP contribution in [0.2, 0.25) is 0 Å². The highest BCUT2D eigenvalue weighted by molar-refractivity contribution is 6.15. The molecule has 0 spiro atoms. The Morgan fingerprint density at radius 2 is 0.568 bits per heavy atom. The maximum Gasteiger partial charge on any atom is 0.0992 e. The number of hydrogen-bond donors (Lipinski definition) is 0. The molecule has 0 aliphatic heterocycles. The second-order valence-corrected chi connectivity index (χ2v) is 20.8. The first-order chi connectivity index (χ1) is 43.1. The number of aromatic nitrogens is 3. The van der Waals surface area contributed by atoms with Crippen molar-refractivity contribution in [2.24, 2.45) is 0 Å². The van der Waals surface area contributed by atoms with Gasteiger partial charge in [-0.05, 0) is 202 Å². The van der Waals surface area contributed by atoms with Gasteiger partial charge in [-0.15, -0.1) is 0 Å². The molecule has 0 bridgehead atoms. The molecule has 13 aromatic rings. The summed E-state index contributed by atoms with van der Waals surface area (Å²) in [6.07, 6.45) is 3.39. The van der Waals surface area contributed by atoms with Crippen LogP contribution in [-0.4, -0.2) is 14.1 Å². The summed E-state index contributed by atoms with van der Waals surface area (Å²) >= 11 is 0. The number of benzene rings is 10. The van der Waals surface area contributed by atoms with Crippen molar-refractivity contribution in [3.63, 3.8) is 0 Å². The molecule has 13 nitrogen and oxygen atoms in total. The van der Waals surface area contributed by atoms with Crippen LogP contribution in [0, 0.1) is 113 Å². The quantitative estimate of drug-likeness (QED) is 0.138. The molecular formula is C75H33N13. The zero-order valence-corrected chi connectivity index (χ0v) is 45.9. The zero-order chi connectivity index (χ0) is 60.7. The molecule has 13 rings (SSSR count). The molecule has 0 fully saturated rings. The minimum atomic E-state index is 0.303. The summed E-state index contributed by atoms with van der Waals surface area (Å²) in [6.45, 7) is 0. The van der Waals surface area contributed by atoms with Crippen LogP contribution in [0.5, 0.6) is 0 Å². The minimum absolute atomic E-state index is 0.303. The van der Waals surface area contributed by atoms with E-state index in [1.807, 2.05) is 109 Å². The molecule has 0 radical (unpaired) electrons. The third-order valence-corrected chi connectivity index (χ3v) is 15.7. The van der Waals surface area contributed by atoms with Gasteiger partial charge in [0, 0.05) is 56.2 Å². The van der Waals surface area contributed by atoms with Crippen LogP contribution in [0.4, 0.5) is 0 Å². The van der Waals surface area contributed by atoms with Gasteiger partial charge in [0.2, 0.25) is 0 Å². The lowest BCUT2D eigenvalue weighted by molar-refractivity contribution is 1.16. The fourth-order valence-electron chi connectivity index (χ4n) is 11.9. The van der Waals surface area contributed by atoms with E-state index >= 15 is 0 Å². The summed E-state index contributed by atoms with van der Waals surface area (Å²) in [6, 6.07) is 78.7. The lowest BCUT2D eigenvalue weighted by Crippen LogP contribution is -2.05.